The monoisotopic (exact) mass is 392 g/mol. The van der Waals surface area contributed by atoms with Gasteiger partial charge in [-0.1, -0.05) is 42.5 Å². The van der Waals surface area contributed by atoms with E-state index in [9.17, 15) is 19.5 Å². The van der Waals surface area contributed by atoms with Crippen molar-refractivity contribution in [3.05, 3.63) is 71.3 Å². The summed E-state index contributed by atoms with van der Waals surface area (Å²) < 4.78 is 0. The molecule has 4 rings (SSSR count). The Hall–Kier alpha value is -2.99. The van der Waals surface area contributed by atoms with Crippen molar-refractivity contribution in [2.75, 3.05) is 19.6 Å². The van der Waals surface area contributed by atoms with E-state index in [0.717, 1.165) is 23.3 Å². The fourth-order valence-corrected chi connectivity index (χ4v) is 4.19. The number of hydrogen-bond donors (Lipinski definition) is 1. The first kappa shape index (κ1) is 19.3. The standard InChI is InChI=1S/C23H24N2O4/c26-20(12-15-25-22(28)18-8-4-5-9-19(18)23(25)29)24-13-10-17(11-14-24)21(27)16-6-2-1-3-7-16/h1-9,17,21,27H,10-15H2/t21-/m0/s1. The second-order valence-electron chi connectivity index (χ2n) is 7.63. The minimum atomic E-state index is -0.521. The number of aliphatic hydroxyl groups is 1. The maximum absolute atomic E-state index is 12.6. The van der Waals surface area contributed by atoms with E-state index in [4.69, 9.17) is 0 Å². The van der Waals surface area contributed by atoms with Crippen molar-refractivity contribution in [2.45, 2.75) is 25.4 Å². The van der Waals surface area contributed by atoms with E-state index in [-0.39, 0.29) is 36.6 Å². The fourth-order valence-electron chi connectivity index (χ4n) is 4.19. The van der Waals surface area contributed by atoms with Gasteiger partial charge in [0.15, 0.2) is 0 Å². The maximum Gasteiger partial charge on any atom is 0.261 e. The topological polar surface area (TPSA) is 77.9 Å². The van der Waals surface area contributed by atoms with Crippen molar-refractivity contribution in [3.63, 3.8) is 0 Å². The minimum Gasteiger partial charge on any atom is -0.388 e. The predicted octanol–water partition coefficient (Wildman–Crippen LogP) is 2.64. The van der Waals surface area contributed by atoms with Crippen molar-refractivity contribution in [1.82, 2.24) is 9.80 Å². The van der Waals surface area contributed by atoms with Gasteiger partial charge in [0.25, 0.3) is 11.8 Å². The molecule has 2 aliphatic rings. The molecular weight excluding hydrogens is 368 g/mol. The number of hydrogen-bond acceptors (Lipinski definition) is 4. The largest absolute Gasteiger partial charge is 0.388 e. The van der Waals surface area contributed by atoms with Crippen LogP contribution in [0.3, 0.4) is 0 Å². The summed E-state index contributed by atoms with van der Waals surface area (Å²) >= 11 is 0. The Balaban J connectivity index is 1.29. The van der Waals surface area contributed by atoms with E-state index in [2.05, 4.69) is 0 Å². The molecule has 2 aliphatic heterocycles. The summed E-state index contributed by atoms with van der Waals surface area (Å²) in [5.74, 6) is -0.599. The van der Waals surface area contributed by atoms with E-state index in [0.29, 0.717) is 24.2 Å². The lowest BCUT2D eigenvalue weighted by molar-refractivity contribution is -0.133. The van der Waals surface area contributed by atoms with Crippen molar-refractivity contribution in [3.8, 4) is 0 Å². The first-order chi connectivity index (χ1) is 14.1. The van der Waals surface area contributed by atoms with E-state index in [1.807, 2.05) is 30.3 Å². The molecule has 1 atom stereocenters. The Morgan fingerprint density at radius 2 is 1.48 bits per heavy atom. The molecule has 0 spiro atoms. The summed E-state index contributed by atoms with van der Waals surface area (Å²) in [6.07, 6.45) is 1.06. The number of imide groups is 1. The third kappa shape index (κ3) is 3.80. The predicted molar refractivity (Wildman–Crippen MR) is 107 cm³/mol. The van der Waals surface area contributed by atoms with E-state index >= 15 is 0 Å². The highest BCUT2D eigenvalue weighted by Crippen LogP contribution is 2.31. The van der Waals surface area contributed by atoms with Gasteiger partial charge >= 0.3 is 0 Å². The highest BCUT2D eigenvalue weighted by Gasteiger charge is 2.35. The SMILES string of the molecule is O=C(CCN1C(=O)c2ccccc2C1=O)N1CCC([C@@H](O)c2ccccc2)CC1. The quantitative estimate of drug-likeness (QED) is 0.794. The second-order valence-corrected chi connectivity index (χ2v) is 7.63. The second kappa shape index (κ2) is 8.17. The summed E-state index contributed by atoms with van der Waals surface area (Å²) in [7, 11) is 0. The molecule has 0 aliphatic carbocycles. The number of rotatable bonds is 5. The van der Waals surface area contributed by atoms with Crippen LogP contribution >= 0.6 is 0 Å². The van der Waals surface area contributed by atoms with Crippen molar-refractivity contribution in [2.24, 2.45) is 5.92 Å². The molecule has 2 heterocycles. The number of piperidine rings is 1. The highest BCUT2D eigenvalue weighted by molar-refractivity contribution is 6.21. The summed E-state index contributed by atoms with van der Waals surface area (Å²) in [4.78, 5) is 40.3. The van der Waals surface area contributed by atoms with Crippen LogP contribution in [0, 0.1) is 5.92 Å². The van der Waals surface area contributed by atoms with Crippen LogP contribution in [0.1, 0.15) is 51.6 Å². The lowest BCUT2D eigenvalue weighted by Crippen LogP contribution is -2.41. The van der Waals surface area contributed by atoms with E-state index in [1.165, 1.54) is 0 Å². The first-order valence-corrected chi connectivity index (χ1v) is 10.0. The van der Waals surface area contributed by atoms with Crippen LogP contribution in [0.2, 0.25) is 0 Å². The highest BCUT2D eigenvalue weighted by atomic mass is 16.3. The maximum atomic E-state index is 12.6. The molecule has 29 heavy (non-hydrogen) atoms. The molecule has 6 nitrogen and oxygen atoms in total. The molecule has 2 aromatic carbocycles. The molecule has 0 saturated carbocycles. The van der Waals surface area contributed by atoms with Crippen LogP contribution in [0.25, 0.3) is 0 Å². The zero-order valence-electron chi connectivity index (χ0n) is 16.2. The van der Waals surface area contributed by atoms with Crippen LogP contribution in [0.15, 0.2) is 54.6 Å². The van der Waals surface area contributed by atoms with Crippen LogP contribution in [0.5, 0.6) is 0 Å². The van der Waals surface area contributed by atoms with Crippen LogP contribution < -0.4 is 0 Å². The van der Waals surface area contributed by atoms with Gasteiger partial charge < -0.3 is 10.0 Å². The molecule has 2 aromatic rings. The molecule has 6 heteroatoms. The number of carbonyl (C=O) groups excluding carboxylic acids is 3. The van der Waals surface area contributed by atoms with Gasteiger partial charge in [-0.3, -0.25) is 19.3 Å². The third-order valence-corrected chi connectivity index (χ3v) is 5.91. The number of likely N-dealkylation sites (tertiary alicyclic amines) is 1. The zero-order valence-corrected chi connectivity index (χ0v) is 16.2. The molecule has 1 saturated heterocycles. The van der Waals surface area contributed by atoms with Crippen LogP contribution in [-0.4, -0.2) is 52.3 Å². The van der Waals surface area contributed by atoms with Crippen LogP contribution in [-0.2, 0) is 4.79 Å². The van der Waals surface area contributed by atoms with Crippen LogP contribution in [0.4, 0.5) is 0 Å². The molecule has 0 aromatic heterocycles. The summed E-state index contributed by atoms with van der Waals surface area (Å²) in [5, 5.41) is 10.6. The van der Waals surface area contributed by atoms with Gasteiger partial charge in [0, 0.05) is 26.1 Å². The zero-order chi connectivity index (χ0) is 20.4. The lowest BCUT2D eigenvalue weighted by Gasteiger charge is -2.34. The Morgan fingerprint density at radius 3 is 2.07 bits per heavy atom. The molecule has 0 radical (unpaired) electrons. The van der Waals surface area contributed by atoms with E-state index < -0.39 is 6.10 Å². The molecule has 1 N–H and O–H groups in total. The number of benzene rings is 2. The van der Waals surface area contributed by atoms with Gasteiger partial charge in [0.05, 0.1) is 17.2 Å². The van der Waals surface area contributed by atoms with Gasteiger partial charge in [-0.15, -0.1) is 0 Å². The van der Waals surface area contributed by atoms with Gasteiger partial charge in [-0.25, -0.2) is 0 Å². The first-order valence-electron chi connectivity index (χ1n) is 10.0. The lowest BCUT2D eigenvalue weighted by atomic mass is 9.87. The van der Waals surface area contributed by atoms with Gasteiger partial charge in [-0.05, 0) is 36.5 Å². The average molecular weight is 392 g/mol. The molecule has 3 amide bonds. The number of carbonyl (C=O) groups is 3. The number of amides is 3. The van der Waals surface area contributed by atoms with Crippen molar-refractivity contribution < 1.29 is 19.5 Å². The minimum absolute atomic E-state index is 0.0609. The molecular formula is C23H24N2O4. The molecule has 150 valence electrons. The molecule has 0 unspecified atom stereocenters. The number of nitrogens with zero attached hydrogens (tertiary/aromatic N) is 2. The Kier molecular flexibility index (Phi) is 5.45. The summed E-state index contributed by atoms with van der Waals surface area (Å²) in [6.45, 7) is 1.25. The van der Waals surface area contributed by atoms with E-state index in [1.54, 1.807) is 29.2 Å². The normalized spacial score (nSPS) is 18.1. The average Bonchev–Trinajstić information content (AvgIpc) is 3.02. The molecule has 0 bridgehead atoms. The molecule has 1 fully saturated rings. The summed E-state index contributed by atoms with van der Waals surface area (Å²) in [5.41, 5.74) is 1.71. The Morgan fingerprint density at radius 1 is 0.931 bits per heavy atom. The number of aliphatic hydroxyl groups excluding tert-OH is 1. The third-order valence-electron chi connectivity index (χ3n) is 5.91. The Labute approximate surface area is 169 Å². The van der Waals surface area contributed by atoms with Crippen molar-refractivity contribution in [1.29, 1.82) is 0 Å². The summed E-state index contributed by atoms with van der Waals surface area (Å²) in [6, 6.07) is 16.3. The van der Waals surface area contributed by atoms with Gasteiger partial charge in [0.1, 0.15) is 0 Å². The van der Waals surface area contributed by atoms with Gasteiger partial charge in [-0.2, -0.15) is 0 Å². The smallest absolute Gasteiger partial charge is 0.261 e. The Bertz CT molecular complexity index is 884. The van der Waals surface area contributed by atoms with Gasteiger partial charge in [0.2, 0.25) is 5.91 Å². The number of fused-ring (bicyclic) bond motifs is 1. The fraction of sp³-hybridized carbons (Fsp3) is 0.348. The van der Waals surface area contributed by atoms with Crippen molar-refractivity contribution >= 4 is 17.7 Å².